The normalized spacial score (nSPS) is 10.6. The van der Waals surface area contributed by atoms with E-state index in [0.29, 0.717) is 5.69 Å². The fourth-order valence-electron chi connectivity index (χ4n) is 3.15. The Bertz CT molecular complexity index is 931. The van der Waals surface area contributed by atoms with Gasteiger partial charge in [-0.25, -0.2) is 9.97 Å². The molecule has 0 saturated carbocycles. The topological polar surface area (TPSA) is 71.0 Å². The maximum Gasteiger partial charge on any atom is 0.275 e. The molecular weight excluding hydrogens is 350 g/mol. The van der Waals surface area contributed by atoms with E-state index in [-0.39, 0.29) is 5.91 Å². The molecule has 2 aromatic heterocycles. The number of hydrogen-bond donors (Lipinski definition) is 1. The van der Waals surface area contributed by atoms with E-state index in [0.717, 1.165) is 35.6 Å². The molecule has 0 atom stereocenters. The fourth-order valence-corrected chi connectivity index (χ4v) is 3.15. The van der Waals surface area contributed by atoms with Gasteiger partial charge in [0.15, 0.2) is 0 Å². The second-order valence-corrected chi connectivity index (χ2v) is 7.01. The molecule has 1 amide bonds. The van der Waals surface area contributed by atoms with Crippen molar-refractivity contribution in [1.29, 1.82) is 0 Å². The number of nitrogens with one attached hydrogen (secondary N) is 1. The van der Waals surface area contributed by atoms with E-state index in [4.69, 9.17) is 0 Å². The molecule has 6 nitrogen and oxygen atoms in total. The lowest BCUT2D eigenvalue weighted by Crippen LogP contribution is -2.22. The van der Waals surface area contributed by atoms with Crippen LogP contribution in [0.15, 0.2) is 49.1 Å². The average Bonchev–Trinajstić information content (AvgIpc) is 2.69. The molecule has 2 heterocycles. The lowest BCUT2D eigenvalue weighted by Gasteiger charge is -2.18. The summed E-state index contributed by atoms with van der Waals surface area (Å²) in [5.74, 6) is 0.474. The summed E-state index contributed by atoms with van der Waals surface area (Å²) >= 11 is 0. The van der Waals surface area contributed by atoms with Crippen LogP contribution in [0, 0.1) is 20.8 Å². The number of aromatic nitrogens is 3. The molecular formula is C22H25N5O. The lowest BCUT2D eigenvalue weighted by atomic mass is 10.1. The van der Waals surface area contributed by atoms with Gasteiger partial charge in [-0.3, -0.25) is 9.78 Å². The van der Waals surface area contributed by atoms with Gasteiger partial charge in [0.2, 0.25) is 0 Å². The third kappa shape index (κ3) is 4.71. The second-order valence-electron chi connectivity index (χ2n) is 7.01. The molecule has 1 N–H and O–H groups in total. The van der Waals surface area contributed by atoms with Crippen LogP contribution in [0.3, 0.4) is 0 Å². The number of pyridine rings is 1. The molecule has 0 unspecified atom stereocenters. The zero-order valence-electron chi connectivity index (χ0n) is 16.7. The number of likely N-dealkylation sites (N-methyl/N-ethyl adjacent to an activating group) is 1. The molecule has 0 saturated heterocycles. The summed E-state index contributed by atoms with van der Waals surface area (Å²) in [5, 5.41) is 2.96. The average molecular weight is 375 g/mol. The van der Waals surface area contributed by atoms with Crippen molar-refractivity contribution in [3.8, 4) is 0 Å². The molecule has 0 fully saturated rings. The minimum Gasteiger partial charge on any atom is -0.358 e. The van der Waals surface area contributed by atoms with Crippen LogP contribution in [0.4, 0.5) is 11.5 Å². The van der Waals surface area contributed by atoms with Gasteiger partial charge in [-0.1, -0.05) is 17.7 Å². The van der Waals surface area contributed by atoms with Crippen LogP contribution in [0.25, 0.3) is 0 Å². The SMILES string of the molecule is Cc1cc(C)c(NC(=O)c2cnc(N(C)CCc3ccncc3)cn2)c(C)c1. The molecule has 0 bridgehead atoms. The Morgan fingerprint density at radius 1 is 1.04 bits per heavy atom. The summed E-state index contributed by atoms with van der Waals surface area (Å²) < 4.78 is 0. The minimum absolute atomic E-state index is 0.256. The number of rotatable bonds is 6. The first-order valence-corrected chi connectivity index (χ1v) is 9.25. The van der Waals surface area contributed by atoms with Gasteiger partial charge in [-0.15, -0.1) is 0 Å². The molecule has 3 aromatic rings. The molecule has 28 heavy (non-hydrogen) atoms. The van der Waals surface area contributed by atoms with Crippen LogP contribution in [0.1, 0.15) is 32.7 Å². The van der Waals surface area contributed by atoms with Crippen molar-refractivity contribution in [3.05, 3.63) is 77.0 Å². The van der Waals surface area contributed by atoms with Crippen LogP contribution in [-0.2, 0) is 6.42 Å². The van der Waals surface area contributed by atoms with Crippen molar-refractivity contribution >= 4 is 17.4 Å². The van der Waals surface area contributed by atoms with E-state index in [1.54, 1.807) is 18.6 Å². The Labute approximate surface area is 165 Å². The molecule has 6 heteroatoms. The number of amides is 1. The number of hydrogen-bond acceptors (Lipinski definition) is 5. The molecule has 0 aliphatic heterocycles. The molecule has 3 rings (SSSR count). The van der Waals surface area contributed by atoms with E-state index in [9.17, 15) is 4.79 Å². The number of aryl methyl sites for hydroxylation is 3. The van der Waals surface area contributed by atoms with Crippen molar-refractivity contribution < 1.29 is 4.79 Å². The largest absolute Gasteiger partial charge is 0.358 e. The van der Waals surface area contributed by atoms with Gasteiger partial charge < -0.3 is 10.2 Å². The van der Waals surface area contributed by atoms with Gasteiger partial charge in [0.05, 0.1) is 12.4 Å². The van der Waals surface area contributed by atoms with Crippen LogP contribution < -0.4 is 10.2 Å². The first-order chi connectivity index (χ1) is 13.4. The van der Waals surface area contributed by atoms with Crippen LogP contribution in [0.2, 0.25) is 0 Å². The Morgan fingerprint density at radius 3 is 2.32 bits per heavy atom. The molecule has 0 radical (unpaired) electrons. The van der Waals surface area contributed by atoms with E-state index in [1.165, 1.54) is 17.3 Å². The second kappa shape index (κ2) is 8.61. The Kier molecular flexibility index (Phi) is 5.99. The van der Waals surface area contributed by atoms with Crippen LogP contribution >= 0.6 is 0 Å². The van der Waals surface area contributed by atoms with Crippen LogP contribution in [-0.4, -0.2) is 34.5 Å². The summed E-state index contributed by atoms with van der Waals surface area (Å²) in [5.41, 5.74) is 5.58. The van der Waals surface area contributed by atoms with Crippen LogP contribution in [0.5, 0.6) is 0 Å². The van der Waals surface area contributed by atoms with Gasteiger partial charge in [0, 0.05) is 31.7 Å². The number of benzene rings is 1. The molecule has 0 aliphatic rings. The summed E-state index contributed by atoms with van der Waals surface area (Å²) in [4.78, 5) is 27.3. The fraction of sp³-hybridized carbons (Fsp3) is 0.273. The van der Waals surface area contributed by atoms with Crippen molar-refractivity contribution in [1.82, 2.24) is 15.0 Å². The predicted molar refractivity (Wildman–Crippen MR) is 112 cm³/mol. The lowest BCUT2D eigenvalue weighted by molar-refractivity contribution is 0.102. The third-order valence-corrected chi connectivity index (χ3v) is 4.66. The zero-order valence-corrected chi connectivity index (χ0v) is 16.7. The van der Waals surface area contributed by atoms with Gasteiger partial charge >= 0.3 is 0 Å². The first-order valence-electron chi connectivity index (χ1n) is 9.25. The molecule has 0 spiro atoms. The summed E-state index contributed by atoms with van der Waals surface area (Å²) in [6.07, 6.45) is 7.62. The quantitative estimate of drug-likeness (QED) is 0.711. The number of nitrogens with zero attached hydrogens (tertiary/aromatic N) is 4. The zero-order chi connectivity index (χ0) is 20.1. The first kappa shape index (κ1) is 19.5. The highest BCUT2D eigenvalue weighted by Crippen LogP contribution is 2.22. The monoisotopic (exact) mass is 375 g/mol. The van der Waals surface area contributed by atoms with Gasteiger partial charge in [0.1, 0.15) is 11.5 Å². The molecule has 0 aliphatic carbocycles. The van der Waals surface area contributed by atoms with Crippen molar-refractivity contribution in [3.63, 3.8) is 0 Å². The van der Waals surface area contributed by atoms with Crippen molar-refractivity contribution in [2.75, 3.05) is 23.8 Å². The summed E-state index contributed by atoms with van der Waals surface area (Å²) in [7, 11) is 1.96. The summed E-state index contributed by atoms with van der Waals surface area (Å²) in [6.45, 7) is 6.82. The maximum absolute atomic E-state index is 12.6. The summed E-state index contributed by atoms with van der Waals surface area (Å²) in [6, 6.07) is 8.11. The highest BCUT2D eigenvalue weighted by atomic mass is 16.1. The van der Waals surface area contributed by atoms with Gasteiger partial charge in [0.25, 0.3) is 5.91 Å². The van der Waals surface area contributed by atoms with Gasteiger partial charge in [-0.2, -0.15) is 0 Å². The van der Waals surface area contributed by atoms with Gasteiger partial charge in [-0.05, 0) is 56.0 Å². The standard InChI is InChI=1S/C22H25N5O/c1-15-11-16(2)21(17(3)12-15)26-22(28)19-13-25-20(14-24-19)27(4)10-7-18-5-8-23-9-6-18/h5-6,8-9,11-14H,7,10H2,1-4H3,(H,26,28). The number of carbonyl (C=O) groups is 1. The van der Waals surface area contributed by atoms with Crippen molar-refractivity contribution in [2.45, 2.75) is 27.2 Å². The number of anilines is 2. The Morgan fingerprint density at radius 2 is 1.71 bits per heavy atom. The van der Waals surface area contributed by atoms with E-state index >= 15 is 0 Å². The minimum atomic E-state index is -0.256. The number of carbonyl (C=O) groups excluding carboxylic acids is 1. The van der Waals surface area contributed by atoms with Crippen molar-refractivity contribution in [2.24, 2.45) is 0 Å². The third-order valence-electron chi connectivity index (χ3n) is 4.66. The highest BCUT2D eigenvalue weighted by molar-refractivity contribution is 6.03. The molecule has 144 valence electrons. The smallest absolute Gasteiger partial charge is 0.275 e. The highest BCUT2D eigenvalue weighted by Gasteiger charge is 2.13. The van der Waals surface area contributed by atoms with E-state index < -0.39 is 0 Å². The maximum atomic E-state index is 12.6. The Balaban J connectivity index is 1.64. The van der Waals surface area contributed by atoms with E-state index in [1.807, 2.05) is 44.9 Å². The predicted octanol–water partition coefficient (Wildman–Crippen LogP) is 3.73. The molecule has 1 aromatic carbocycles. The Hall–Kier alpha value is -3.28. The van der Waals surface area contributed by atoms with E-state index in [2.05, 4.69) is 32.4 Å².